The minimum Gasteiger partial charge on any atom is -0.486 e. The van der Waals surface area contributed by atoms with E-state index in [0.29, 0.717) is 19.3 Å². The molecule has 0 aliphatic carbocycles. The number of nitrogens with one attached hydrogen (secondary N) is 1. The second kappa shape index (κ2) is 5.16. The van der Waals surface area contributed by atoms with Crippen molar-refractivity contribution in [2.45, 2.75) is 12.5 Å². The number of benzene rings is 1. The standard InChI is InChI=1S/C14H20N2O2/c1-16-8-7-15-6-5-12(16)11-3-2-4-13-14(11)18-10-9-17-13/h2-4,12,15H,5-10H2,1H3. The van der Waals surface area contributed by atoms with E-state index in [2.05, 4.69) is 29.4 Å². The Balaban J connectivity index is 1.94. The molecule has 1 unspecified atom stereocenters. The van der Waals surface area contributed by atoms with E-state index in [1.807, 2.05) is 6.07 Å². The molecule has 0 spiro atoms. The van der Waals surface area contributed by atoms with Gasteiger partial charge in [0.1, 0.15) is 13.2 Å². The van der Waals surface area contributed by atoms with Gasteiger partial charge in [0.15, 0.2) is 11.5 Å². The van der Waals surface area contributed by atoms with Crippen molar-refractivity contribution < 1.29 is 9.47 Å². The molecule has 1 N–H and O–H groups in total. The Morgan fingerprint density at radius 3 is 3.06 bits per heavy atom. The van der Waals surface area contributed by atoms with Gasteiger partial charge in [-0.05, 0) is 26.1 Å². The van der Waals surface area contributed by atoms with E-state index < -0.39 is 0 Å². The number of nitrogens with zero attached hydrogens (tertiary/aromatic N) is 1. The smallest absolute Gasteiger partial charge is 0.166 e. The fraction of sp³-hybridized carbons (Fsp3) is 0.571. The van der Waals surface area contributed by atoms with Crippen molar-refractivity contribution in [3.05, 3.63) is 23.8 Å². The highest BCUT2D eigenvalue weighted by molar-refractivity contribution is 5.49. The summed E-state index contributed by atoms with van der Waals surface area (Å²) in [7, 11) is 2.18. The van der Waals surface area contributed by atoms with Crippen LogP contribution in [-0.4, -0.2) is 44.8 Å². The molecule has 1 atom stereocenters. The highest BCUT2D eigenvalue weighted by atomic mass is 16.6. The SMILES string of the molecule is CN1CCNCCC1c1cccc2c1OCCO2. The molecule has 2 aliphatic heterocycles. The predicted octanol–water partition coefficient (Wildman–Crippen LogP) is 1.42. The quantitative estimate of drug-likeness (QED) is 0.815. The topological polar surface area (TPSA) is 33.7 Å². The number of para-hydroxylation sites is 1. The Hall–Kier alpha value is -1.26. The molecule has 0 amide bonds. The van der Waals surface area contributed by atoms with Gasteiger partial charge in [0.25, 0.3) is 0 Å². The third-order valence-electron chi connectivity index (χ3n) is 3.72. The molecular weight excluding hydrogens is 228 g/mol. The maximum atomic E-state index is 5.82. The first kappa shape index (κ1) is 11.8. The summed E-state index contributed by atoms with van der Waals surface area (Å²) in [5.41, 5.74) is 1.26. The van der Waals surface area contributed by atoms with Crippen molar-refractivity contribution in [3.8, 4) is 11.5 Å². The molecule has 1 aromatic rings. The van der Waals surface area contributed by atoms with Gasteiger partial charge in [-0.3, -0.25) is 4.90 Å². The molecule has 18 heavy (non-hydrogen) atoms. The Morgan fingerprint density at radius 1 is 1.22 bits per heavy atom. The first-order chi connectivity index (χ1) is 8.86. The van der Waals surface area contributed by atoms with Crippen LogP contribution in [0.15, 0.2) is 18.2 Å². The van der Waals surface area contributed by atoms with Crippen molar-refractivity contribution in [1.82, 2.24) is 10.2 Å². The van der Waals surface area contributed by atoms with Crippen LogP contribution in [0.25, 0.3) is 0 Å². The zero-order valence-electron chi connectivity index (χ0n) is 10.8. The minimum absolute atomic E-state index is 0.414. The normalized spacial score (nSPS) is 24.6. The third kappa shape index (κ3) is 2.18. The Morgan fingerprint density at radius 2 is 2.11 bits per heavy atom. The lowest BCUT2D eigenvalue weighted by Crippen LogP contribution is -2.27. The van der Waals surface area contributed by atoms with Crippen LogP contribution < -0.4 is 14.8 Å². The van der Waals surface area contributed by atoms with Crippen LogP contribution in [0.2, 0.25) is 0 Å². The summed E-state index contributed by atoms with van der Waals surface area (Å²) >= 11 is 0. The van der Waals surface area contributed by atoms with Crippen molar-refractivity contribution in [2.75, 3.05) is 39.9 Å². The Kier molecular flexibility index (Phi) is 3.39. The van der Waals surface area contributed by atoms with E-state index >= 15 is 0 Å². The average Bonchev–Trinajstić information content (AvgIpc) is 2.63. The fourth-order valence-corrected chi connectivity index (χ4v) is 2.75. The zero-order chi connectivity index (χ0) is 12.4. The molecule has 1 saturated heterocycles. The van der Waals surface area contributed by atoms with E-state index in [-0.39, 0.29) is 0 Å². The Bertz CT molecular complexity index is 422. The summed E-state index contributed by atoms with van der Waals surface area (Å²) in [5.74, 6) is 1.84. The van der Waals surface area contributed by atoms with Crippen molar-refractivity contribution in [3.63, 3.8) is 0 Å². The number of likely N-dealkylation sites (N-methyl/N-ethyl adjacent to an activating group) is 1. The van der Waals surface area contributed by atoms with E-state index in [1.54, 1.807) is 0 Å². The van der Waals surface area contributed by atoms with Crippen LogP contribution in [0.1, 0.15) is 18.0 Å². The van der Waals surface area contributed by atoms with Crippen molar-refractivity contribution >= 4 is 0 Å². The number of hydrogen-bond donors (Lipinski definition) is 1. The van der Waals surface area contributed by atoms with Crippen LogP contribution in [0.5, 0.6) is 11.5 Å². The summed E-state index contributed by atoms with van der Waals surface area (Å²) < 4.78 is 11.5. The minimum atomic E-state index is 0.414. The third-order valence-corrected chi connectivity index (χ3v) is 3.72. The van der Waals surface area contributed by atoms with Crippen LogP contribution in [0, 0.1) is 0 Å². The van der Waals surface area contributed by atoms with Crippen LogP contribution in [-0.2, 0) is 0 Å². The van der Waals surface area contributed by atoms with Gasteiger partial charge in [-0.25, -0.2) is 0 Å². The average molecular weight is 248 g/mol. The molecular formula is C14H20N2O2. The molecule has 4 heteroatoms. The molecule has 3 rings (SSSR count). The van der Waals surface area contributed by atoms with E-state index in [4.69, 9.17) is 9.47 Å². The van der Waals surface area contributed by atoms with Gasteiger partial charge in [0, 0.05) is 24.7 Å². The van der Waals surface area contributed by atoms with Crippen LogP contribution in [0.3, 0.4) is 0 Å². The molecule has 0 saturated carbocycles. The number of rotatable bonds is 1. The largest absolute Gasteiger partial charge is 0.486 e. The highest BCUT2D eigenvalue weighted by Crippen LogP contribution is 2.39. The van der Waals surface area contributed by atoms with Gasteiger partial charge in [0.2, 0.25) is 0 Å². The van der Waals surface area contributed by atoms with Gasteiger partial charge >= 0.3 is 0 Å². The predicted molar refractivity (Wildman–Crippen MR) is 70.3 cm³/mol. The summed E-state index contributed by atoms with van der Waals surface area (Å²) in [6.45, 7) is 4.48. The van der Waals surface area contributed by atoms with Crippen molar-refractivity contribution in [1.29, 1.82) is 0 Å². The molecule has 0 aromatic heterocycles. The van der Waals surface area contributed by atoms with E-state index in [1.165, 1.54) is 5.56 Å². The van der Waals surface area contributed by atoms with E-state index in [9.17, 15) is 0 Å². The first-order valence-corrected chi connectivity index (χ1v) is 6.66. The maximum absolute atomic E-state index is 5.82. The second-order valence-corrected chi connectivity index (χ2v) is 4.91. The van der Waals surface area contributed by atoms with Crippen molar-refractivity contribution in [2.24, 2.45) is 0 Å². The molecule has 1 aromatic carbocycles. The molecule has 0 radical (unpaired) electrons. The van der Waals surface area contributed by atoms with Gasteiger partial charge in [-0.15, -0.1) is 0 Å². The lowest BCUT2D eigenvalue weighted by atomic mass is 10.0. The highest BCUT2D eigenvalue weighted by Gasteiger charge is 2.25. The number of fused-ring (bicyclic) bond motifs is 1. The molecule has 4 nitrogen and oxygen atoms in total. The molecule has 2 aliphatic rings. The van der Waals surface area contributed by atoms with Crippen LogP contribution in [0.4, 0.5) is 0 Å². The van der Waals surface area contributed by atoms with Gasteiger partial charge < -0.3 is 14.8 Å². The summed E-state index contributed by atoms with van der Waals surface area (Å²) in [6, 6.07) is 6.64. The monoisotopic (exact) mass is 248 g/mol. The number of hydrogen-bond acceptors (Lipinski definition) is 4. The summed E-state index contributed by atoms with van der Waals surface area (Å²) in [5, 5.41) is 3.44. The maximum Gasteiger partial charge on any atom is 0.166 e. The van der Waals surface area contributed by atoms with Gasteiger partial charge in [-0.1, -0.05) is 12.1 Å². The summed E-state index contributed by atoms with van der Waals surface area (Å²) in [6.07, 6.45) is 1.11. The lowest BCUT2D eigenvalue weighted by molar-refractivity contribution is 0.163. The molecule has 2 heterocycles. The Labute approximate surface area is 108 Å². The number of ether oxygens (including phenoxy) is 2. The lowest BCUT2D eigenvalue weighted by Gasteiger charge is -2.29. The molecule has 98 valence electrons. The van der Waals surface area contributed by atoms with Gasteiger partial charge in [-0.2, -0.15) is 0 Å². The first-order valence-electron chi connectivity index (χ1n) is 6.66. The zero-order valence-corrected chi connectivity index (χ0v) is 10.8. The van der Waals surface area contributed by atoms with Gasteiger partial charge in [0.05, 0.1) is 0 Å². The molecule has 0 bridgehead atoms. The second-order valence-electron chi connectivity index (χ2n) is 4.91. The molecule has 1 fully saturated rings. The van der Waals surface area contributed by atoms with E-state index in [0.717, 1.165) is 37.6 Å². The summed E-state index contributed by atoms with van der Waals surface area (Å²) in [4.78, 5) is 2.40. The van der Waals surface area contributed by atoms with Crippen LogP contribution >= 0.6 is 0 Å². The fourth-order valence-electron chi connectivity index (χ4n) is 2.75.